The van der Waals surface area contributed by atoms with Gasteiger partial charge in [0.15, 0.2) is 0 Å². The van der Waals surface area contributed by atoms with E-state index < -0.39 is 9.45 Å². The lowest BCUT2D eigenvalue weighted by atomic mass is 9.76. The minimum absolute atomic E-state index is 0.751. The predicted molar refractivity (Wildman–Crippen MR) is 67.4 cm³/mol. The molecule has 3 unspecified atom stereocenters. The fraction of sp³-hybridized carbons (Fsp3) is 1.00. The van der Waals surface area contributed by atoms with Crippen LogP contribution < -0.4 is 0 Å². The van der Waals surface area contributed by atoms with Crippen molar-refractivity contribution >= 4 is 9.45 Å². The Labute approximate surface area is 101 Å². The molecule has 2 fully saturated rings. The first-order chi connectivity index (χ1) is 7.76. The van der Waals surface area contributed by atoms with Crippen molar-refractivity contribution in [1.29, 1.82) is 0 Å². The van der Waals surface area contributed by atoms with E-state index in [1.807, 2.05) is 0 Å². The third-order valence-corrected chi connectivity index (χ3v) is 6.14. The summed E-state index contributed by atoms with van der Waals surface area (Å²) in [4.78, 5) is 0. The molecule has 4 heteroatoms. The molecule has 16 heavy (non-hydrogen) atoms. The third kappa shape index (κ3) is 2.50. The SMILES string of the molecule is CO[SiH](OC)N1CC(C)CC2CCCCC21. The Morgan fingerprint density at radius 2 is 1.81 bits per heavy atom. The fourth-order valence-electron chi connectivity index (χ4n) is 3.60. The standard InChI is InChI=1S/C12H25NO2Si/c1-10-8-11-6-4-5-7-12(11)13(9-10)16(14-2)15-3/h10-12,16H,4-9H2,1-3H3. The molecule has 3 atom stereocenters. The van der Waals surface area contributed by atoms with Crippen molar-refractivity contribution < 1.29 is 8.85 Å². The molecular weight excluding hydrogens is 218 g/mol. The molecule has 1 aliphatic heterocycles. The highest BCUT2D eigenvalue weighted by Crippen LogP contribution is 2.37. The molecule has 0 radical (unpaired) electrons. The van der Waals surface area contributed by atoms with Crippen molar-refractivity contribution in [3.8, 4) is 0 Å². The summed E-state index contributed by atoms with van der Waals surface area (Å²) < 4.78 is 13.7. The molecule has 0 bridgehead atoms. The summed E-state index contributed by atoms with van der Waals surface area (Å²) in [6, 6.07) is 0.751. The van der Waals surface area contributed by atoms with Gasteiger partial charge in [-0.3, -0.25) is 4.57 Å². The lowest BCUT2D eigenvalue weighted by Gasteiger charge is -2.47. The molecule has 0 aromatic rings. The molecule has 2 rings (SSSR count). The van der Waals surface area contributed by atoms with Crippen LogP contribution in [0.4, 0.5) is 0 Å². The molecule has 3 nitrogen and oxygen atoms in total. The zero-order chi connectivity index (χ0) is 11.5. The van der Waals surface area contributed by atoms with Gasteiger partial charge in [-0.15, -0.1) is 0 Å². The number of fused-ring (bicyclic) bond motifs is 1. The van der Waals surface area contributed by atoms with E-state index in [0.29, 0.717) is 0 Å². The molecule has 0 aromatic carbocycles. The van der Waals surface area contributed by atoms with Crippen molar-refractivity contribution in [2.45, 2.75) is 45.1 Å². The second kappa shape index (κ2) is 5.62. The van der Waals surface area contributed by atoms with Crippen LogP contribution in [0.15, 0.2) is 0 Å². The maximum Gasteiger partial charge on any atom is 0.410 e. The van der Waals surface area contributed by atoms with Crippen molar-refractivity contribution in [3.05, 3.63) is 0 Å². The Bertz CT molecular complexity index is 223. The molecule has 0 aromatic heterocycles. The van der Waals surface area contributed by atoms with Crippen LogP contribution in [0.1, 0.15) is 39.0 Å². The highest BCUT2D eigenvalue weighted by atomic mass is 28.3. The van der Waals surface area contributed by atoms with E-state index in [1.54, 1.807) is 14.2 Å². The van der Waals surface area contributed by atoms with Crippen LogP contribution in [-0.4, -0.2) is 40.8 Å². The number of hydrogen-bond donors (Lipinski definition) is 0. The van der Waals surface area contributed by atoms with Gasteiger partial charge in [0.1, 0.15) is 0 Å². The van der Waals surface area contributed by atoms with Crippen LogP contribution in [0.3, 0.4) is 0 Å². The first-order valence-electron chi connectivity index (χ1n) is 6.57. The maximum absolute atomic E-state index is 5.58. The van der Waals surface area contributed by atoms with E-state index in [2.05, 4.69) is 11.5 Å². The van der Waals surface area contributed by atoms with E-state index >= 15 is 0 Å². The minimum Gasteiger partial charge on any atom is -0.388 e. The molecular formula is C12H25NO2Si. The Morgan fingerprint density at radius 1 is 1.12 bits per heavy atom. The highest BCUT2D eigenvalue weighted by molar-refractivity contribution is 6.41. The van der Waals surface area contributed by atoms with Crippen LogP contribution in [0, 0.1) is 11.8 Å². The third-order valence-electron chi connectivity index (χ3n) is 4.20. The van der Waals surface area contributed by atoms with Gasteiger partial charge in [-0.1, -0.05) is 19.8 Å². The van der Waals surface area contributed by atoms with Crippen molar-refractivity contribution in [1.82, 2.24) is 4.57 Å². The highest BCUT2D eigenvalue weighted by Gasteiger charge is 2.40. The minimum atomic E-state index is -1.57. The van der Waals surface area contributed by atoms with E-state index in [4.69, 9.17) is 8.85 Å². The Balaban J connectivity index is 2.08. The van der Waals surface area contributed by atoms with Gasteiger partial charge < -0.3 is 8.85 Å². The lowest BCUT2D eigenvalue weighted by Crippen LogP contribution is -2.57. The first-order valence-corrected chi connectivity index (χ1v) is 8.03. The monoisotopic (exact) mass is 243 g/mol. The van der Waals surface area contributed by atoms with Gasteiger partial charge in [-0.25, -0.2) is 0 Å². The first kappa shape index (κ1) is 12.6. The van der Waals surface area contributed by atoms with Gasteiger partial charge in [-0.05, 0) is 37.6 Å². The number of nitrogens with zero attached hydrogens (tertiary/aromatic N) is 1. The summed E-state index contributed by atoms with van der Waals surface area (Å²) in [7, 11) is 2.03. The Hall–Kier alpha value is 0.0969. The number of piperidine rings is 1. The fourth-order valence-corrected chi connectivity index (χ4v) is 5.57. The quantitative estimate of drug-likeness (QED) is 0.707. The second-order valence-electron chi connectivity index (χ2n) is 5.43. The molecule has 0 N–H and O–H groups in total. The van der Waals surface area contributed by atoms with Crippen LogP contribution in [0.5, 0.6) is 0 Å². The summed E-state index contributed by atoms with van der Waals surface area (Å²) in [5, 5.41) is 0. The molecule has 2 aliphatic rings. The van der Waals surface area contributed by atoms with Gasteiger partial charge in [0, 0.05) is 20.3 Å². The van der Waals surface area contributed by atoms with Crippen LogP contribution >= 0.6 is 0 Å². The molecule has 0 amide bonds. The van der Waals surface area contributed by atoms with Gasteiger partial charge in [0.2, 0.25) is 0 Å². The van der Waals surface area contributed by atoms with Gasteiger partial charge in [0.25, 0.3) is 0 Å². The normalized spacial score (nSPS) is 36.4. The molecule has 1 saturated carbocycles. The van der Waals surface area contributed by atoms with E-state index in [-0.39, 0.29) is 0 Å². The molecule has 1 heterocycles. The van der Waals surface area contributed by atoms with Crippen LogP contribution in [-0.2, 0) is 8.85 Å². The van der Waals surface area contributed by atoms with Gasteiger partial charge >= 0.3 is 9.45 Å². The molecule has 0 spiro atoms. The number of hydrogen-bond acceptors (Lipinski definition) is 3. The zero-order valence-electron chi connectivity index (χ0n) is 10.8. The van der Waals surface area contributed by atoms with Crippen molar-refractivity contribution in [3.63, 3.8) is 0 Å². The molecule has 1 aliphatic carbocycles. The predicted octanol–water partition coefficient (Wildman–Crippen LogP) is 1.90. The van der Waals surface area contributed by atoms with E-state index in [9.17, 15) is 0 Å². The van der Waals surface area contributed by atoms with Crippen molar-refractivity contribution in [2.24, 2.45) is 11.8 Å². The molecule has 94 valence electrons. The largest absolute Gasteiger partial charge is 0.410 e. The molecule has 1 saturated heterocycles. The number of rotatable bonds is 3. The summed E-state index contributed by atoms with van der Waals surface area (Å²) in [5.74, 6) is 1.71. The van der Waals surface area contributed by atoms with Crippen molar-refractivity contribution in [2.75, 3.05) is 20.8 Å². The summed E-state index contributed by atoms with van der Waals surface area (Å²) in [5.41, 5.74) is 0. The summed E-state index contributed by atoms with van der Waals surface area (Å²) in [6.07, 6.45) is 7.00. The van der Waals surface area contributed by atoms with Gasteiger partial charge in [0.05, 0.1) is 0 Å². The Kier molecular flexibility index (Phi) is 4.41. The zero-order valence-corrected chi connectivity index (χ0v) is 12.0. The average Bonchev–Trinajstić information content (AvgIpc) is 2.30. The lowest BCUT2D eigenvalue weighted by molar-refractivity contribution is 0.0537. The van der Waals surface area contributed by atoms with E-state index in [1.165, 1.54) is 38.6 Å². The van der Waals surface area contributed by atoms with E-state index in [0.717, 1.165) is 17.9 Å². The summed E-state index contributed by atoms with van der Waals surface area (Å²) >= 11 is 0. The second-order valence-corrected chi connectivity index (χ2v) is 7.65. The average molecular weight is 243 g/mol. The maximum atomic E-state index is 5.58. The van der Waals surface area contributed by atoms with Crippen LogP contribution in [0.25, 0.3) is 0 Å². The smallest absolute Gasteiger partial charge is 0.388 e. The van der Waals surface area contributed by atoms with Crippen LogP contribution in [0.2, 0.25) is 0 Å². The van der Waals surface area contributed by atoms with Gasteiger partial charge in [-0.2, -0.15) is 0 Å². The topological polar surface area (TPSA) is 21.7 Å². The summed E-state index contributed by atoms with van der Waals surface area (Å²) in [6.45, 7) is 3.55. The Morgan fingerprint density at radius 3 is 2.50 bits per heavy atom.